The topological polar surface area (TPSA) is 69.7 Å². The Morgan fingerprint density at radius 2 is 1.41 bits per heavy atom. The molecule has 0 aromatic heterocycles. The van der Waals surface area contributed by atoms with Gasteiger partial charge in [0.1, 0.15) is 12.2 Å². The molecule has 0 radical (unpaired) electrons. The molecule has 264 valence electrons. The first-order valence-electron chi connectivity index (χ1n) is 19.2. The van der Waals surface area contributed by atoms with Crippen LogP contribution in [0.4, 0.5) is 0 Å². The molecule has 2 aromatic carbocycles. The summed E-state index contributed by atoms with van der Waals surface area (Å²) in [4.78, 5) is 40.7. The highest BCUT2D eigenvalue weighted by Gasteiger charge is 2.62. The first-order valence-corrected chi connectivity index (χ1v) is 19.2. The van der Waals surface area contributed by atoms with Crippen molar-refractivity contribution in [2.45, 2.75) is 112 Å². The normalized spacial score (nSPS) is 34.1. The second kappa shape index (κ2) is 14.2. The SMILES string of the molecule is CCC(CC(OC(=O)c1ccccc1)C(C)C1CCC2C3=CC(=O)C4C(C)C(OC(=O)c5ccccc5)CCC4(C)C3CCC21C)C(C)C. The molecule has 0 bridgehead atoms. The summed E-state index contributed by atoms with van der Waals surface area (Å²) >= 11 is 0. The van der Waals surface area contributed by atoms with Crippen molar-refractivity contribution in [1.82, 2.24) is 0 Å². The molecule has 11 atom stereocenters. The number of hydrogen-bond donors (Lipinski definition) is 0. The van der Waals surface area contributed by atoms with Gasteiger partial charge in [-0.25, -0.2) is 9.59 Å². The zero-order valence-corrected chi connectivity index (χ0v) is 30.8. The van der Waals surface area contributed by atoms with E-state index in [1.54, 1.807) is 12.1 Å². The number of benzene rings is 2. The molecule has 2 aromatic rings. The van der Waals surface area contributed by atoms with Crippen molar-refractivity contribution < 1.29 is 23.9 Å². The Hall–Kier alpha value is -3.21. The Balaban J connectivity index is 1.22. The van der Waals surface area contributed by atoms with Gasteiger partial charge in [0.2, 0.25) is 0 Å². The van der Waals surface area contributed by atoms with Crippen molar-refractivity contribution in [1.29, 1.82) is 0 Å². The maximum Gasteiger partial charge on any atom is 0.338 e. The van der Waals surface area contributed by atoms with E-state index in [2.05, 4.69) is 48.5 Å². The highest BCUT2D eigenvalue weighted by atomic mass is 16.5. The third-order valence-corrected chi connectivity index (χ3v) is 14.1. The van der Waals surface area contributed by atoms with E-state index < -0.39 is 0 Å². The maximum absolute atomic E-state index is 14.2. The van der Waals surface area contributed by atoms with Crippen molar-refractivity contribution in [3.63, 3.8) is 0 Å². The number of esters is 2. The summed E-state index contributed by atoms with van der Waals surface area (Å²) in [6.45, 7) is 16.1. The molecule has 3 saturated carbocycles. The van der Waals surface area contributed by atoms with Crippen molar-refractivity contribution in [2.75, 3.05) is 0 Å². The van der Waals surface area contributed by atoms with Crippen molar-refractivity contribution in [3.8, 4) is 0 Å². The highest BCUT2D eigenvalue weighted by molar-refractivity contribution is 5.95. The van der Waals surface area contributed by atoms with Gasteiger partial charge in [-0.1, -0.05) is 96.9 Å². The van der Waals surface area contributed by atoms with Crippen LogP contribution in [-0.2, 0) is 14.3 Å². The Morgan fingerprint density at radius 1 is 0.816 bits per heavy atom. The average molecular weight is 667 g/mol. The van der Waals surface area contributed by atoms with Crippen molar-refractivity contribution in [2.24, 2.45) is 58.2 Å². The summed E-state index contributed by atoms with van der Waals surface area (Å²) in [6, 6.07) is 18.6. The van der Waals surface area contributed by atoms with Gasteiger partial charge in [0.15, 0.2) is 5.78 Å². The van der Waals surface area contributed by atoms with Gasteiger partial charge in [0.25, 0.3) is 0 Å². The third kappa shape index (κ3) is 6.56. The number of carbonyl (C=O) groups excluding carboxylic acids is 3. The summed E-state index contributed by atoms with van der Waals surface area (Å²) in [5.74, 6) is 1.87. The van der Waals surface area contributed by atoms with Gasteiger partial charge in [0, 0.05) is 11.8 Å². The second-order valence-electron chi connectivity index (χ2n) is 16.9. The summed E-state index contributed by atoms with van der Waals surface area (Å²) in [5.41, 5.74) is 2.46. The van der Waals surface area contributed by atoms with Gasteiger partial charge in [-0.05, 0) is 122 Å². The van der Waals surface area contributed by atoms with Gasteiger partial charge < -0.3 is 9.47 Å². The predicted molar refractivity (Wildman–Crippen MR) is 194 cm³/mol. The number of allylic oxidation sites excluding steroid dienone is 2. The van der Waals surface area contributed by atoms with Crippen molar-refractivity contribution >= 4 is 17.7 Å². The van der Waals surface area contributed by atoms with E-state index in [1.165, 1.54) is 5.57 Å². The minimum atomic E-state index is -0.300. The molecule has 0 spiro atoms. The molecule has 0 aliphatic heterocycles. The molecule has 6 rings (SSSR count). The molecule has 11 unspecified atom stereocenters. The molecule has 0 amide bonds. The van der Waals surface area contributed by atoms with E-state index in [0.29, 0.717) is 40.7 Å². The monoisotopic (exact) mass is 666 g/mol. The van der Waals surface area contributed by atoms with Crippen LogP contribution in [0.1, 0.15) is 121 Å². The molecule has 49 heavy (non-hydrogen) atoms. The zero-order chi connectivity index (χ0) is 35.1. The van der Waals surface area contributed by atoms with Crippen LogP contribution in [0.3, 0.4) is 0 Å². The average Bonchev–Trinajstić information content (AvgIpc) is 3.45. The lowest BCUT2D eigenvalue weighted by molar-refractivity contribution is -0.140. The van der Waals surface area contributed by atoms with E-state index in [-0.39, 0.29) is 58.5 Å². The molecule has 0 heterocycles. The van der Waals surface area contributed by atoms with Gasteiger partial charge in [-0.15, -0.1) is 0 Å². The Labute approximate surface area is 294 Å². The highest BCUT2D eigenvalue weighted by Crippen LogP contribution is 2.67. The predicted octanol–water partition coefficient (Wildman–Crippen LogP) is 10.1. The van der Waals surface area contributed by atoms with E-state index >= 15 is 0 Å². The smallest absolute Gasteiger partial charge is 0.338 e. The fourth-order valence-corrected chi connectivity index (χ4v) is 11.3. The number of rotatable bonds is 10. The Kier molecular flexibility index (Phi) is 10.3. The summed E-state index contributed by atoms with van der Waals surface area (Å²) < 4.78 is 12.5. The van der Waals surface area contributed by atoms with Crippen LogP contribution in [0.25, 0.3) is 0 Å². The summed E-state index contributed by atoms with van der Waals surface area (Å²) in [7, 11) is 0. The molecule has 4 aliphatic carbocycles. The van der Waals surface area contributed by atoms with E-state index in [0.717, 1.165) is 51.4 Å². The number of carbonyl (C=O) groups is 3. The molecule has 3 fully saturated rings. The van der Waals surface area contributed by atoms with Crippen LogP contribution >= 0.6 is 0 Å². The number of hydrogen-bond acceptors (Lipinski definition) is 5. The molecule has 4 aliphatic rings. The first-order chi connectivity index (χ1) is 23.4. The molecular formula is C44H58O5. The third-order valence-electron chi connectivity index (χ3n) is 14.1. The molecule has 5 heteroatoms. The summed E-state index contributed by atoms with van der Waals surface area (Å²) in [6.07, 6.45) is 9.60. The van der Waals surface area contributed by atoms with E-state index in [4.69, 9.17) is 9.47 Å². The van der Waals surface area contributed by atoms with Crippen LogP contribution in [0.2, 0.25) is 0 Å². The zero-order valence-electron chi connectivity index (χ0n) is 30.8. The Morgan fingerprint density at radius 3 is 2.02 bits per heavy atom. The maximum atomic E-state index is 14.2. The van der Waals surface area contributed by atoms with Crippen LogP contribution in [0, 0.1) is 58.2 Å². The van der Waals surface area contributed by atoms with Crippen LogP contribution < -0.4 is 0 Å². The standard InChI is InChI=1S/C44H58O5/c1-8-30(27(2)3)25-39(49-42(47)32-17-13-10-14-18-32)28(4)34-19-20-35-33-26-37(45)40-29(5)38(48-41(46)31-15-11-9-12-16-31)22-24-44(40,7)36(33)21-23-43(34,35)6/h9-18,26-30,34-36,38-40H,8,19-25H2,1-7H3. The van der Waals surface area contributed by atoms with Gasteiger partial charge in [-0.3, -0.25) is 4.79 Å². The van der Waals surface area contributed by atoms with Gasteiger partial charge in [-0.2, -0.15) is 0 Å². The largest absolute Gasteiger partial charge is 0.458 e. The van der Waals surface area contributed by atoms with E-state index in [9.17, 15) is 14.4 Å². The fraction of sp³-hybridized carbons (Fsp3) is 0.614. The molecule has 0 saturated heterocycles. The van der Waals surface area contributed by atoms with Gasteiger partial charge in [0.05, 0.1) is 11.1 Å². The van der Waals surface area contributed by atoms with Crippen LogP contribution in [-0.4, -0.2) is 29.9 Å². The number of ketones is 1. The van der Waals surface area contributed by atoms with Crippen LogP contribution in [0.5, 0.6) is 0 Å². The number of ether oxygens (including phenoxy) is 2. The minimum absolute atomic E-state index is 0.0334. The lowest BCUT2D eigenvalue weighted by Gasteiger charge is -2.58. The fourth-order valence-electron chi connectivity index (χ4n) is 11.3. The molecular weight excluding hydrogens is 608 g/mol. The lowest BCUT2D eigenvalue weighted by Crippen LogP contribution is -2.56. The summed E-state index contributed by atoms with van der Waals surface area (Å²) in [5, 5.41) is 0. The molecule has 0 N–H and O–H groups in total. The van der Waals surface area contributed by atoms with Crippen molar-refractivity contribution in [3.05, 3.63) is 83.4 Å². The lowest BCUT2D eigenvalue weighted by atomic mass is 9.46. The van der Waals surface area contributed by atoms with E-state index in [1.807, 2.05) is 54.6 Å². The van der Waals surface area contributed by atoms with Gasteiger partial charge >= 0.3 is 11.9 Å². The van der Waals surface area contributed by atoms with Crippen LogP contribution in [0.15, 0.2) is 72.3 Å². The first kappa shape index (κ1) is 35.6. The molecule has 5 nitrogen and oxygen atoms in total. The Bertz CT molecular complexity index is 1530. The number of fused-ring (bicyclic) bond motifs is 5. The minimum Gasteiger partial charge on any atom is -0.458 e. The second-order valence-corrected chi connectivity index (χ2v) is 16.9. The quantitative estimate of drug-likeness (QED) is 0.236.